The Balaban J connectivity index is 1.76. The predicted octanol–water partition coefficient (Wildman–Crippen LogP) is 3.62. The Morgan fingerprint density at radius 3 is 2.86 bits per heavy atom. The quantitative estimate of drug-likeness (QED) is 0.781. The van der Waals surface area contributed by atoms with Gasteiger partial charge in [0.15, 0.2) is 0 Å². The van der Waals surface area contributed by atoms with E-state index in [1.54, 1.807) is 41.7 Å². The molecule has 0 fully saturated rings. The van der Waals surface area contributed by atoms with Crippen molar-refractivity contribution in [1.82, 2.24) is 4.98 Å². The molecule has 0 radical (unpaired) electrons. The number of carbonyl (C=O) groups is 1. The van der Waals surface area contributed by atoms with Crippen LogP contribution in [-0.2, 0) is 6.42 Å². The summed E-state index contributed by atoms with van der Waals surface area (Å²) in [5.74, 6) is -0.435. The Kier molecular flexibility index (Phi) is 3.83. The van der Waals surface area contributed by atoms with Gasteiger partial charge in [0, 0.05) is 22.8 Å². The number of fused-ring (bicyclic) bond motifs is 1. The van der Waals surface area contributed by atoms with Crippen molar-refractivity contribution in [3.8, 4) is 5.88 Å². The van der Waals surface area contributed by atoms with Gasteiger partial charge < -0.3 is 9.84 Å². The predicted molar refractivity (Wildman–Crippen MR) is 82.2 cm³/mol. The topological polar surface area (TPSA) is 59.4 Å². The highest BCUT2D eigenvalue weighted by atomic mass is 32.1. The Morgan fingerprint density at radius 2 is 2.10 bits per heavy atom. The number of rotatable bonds is 5. The fraction of sp³-hybridized carbons (Fsp3) is 0.125. The number of hydrogen-bond donors (Lipinski definition) is 1. The SMILES string of the molecule is O=C(O)c1cccc2nc(OCCc3cccs3)ccc12. The van der Waals surface area contributed by atoms with Crippen LogP contribution in [0.2, 0.25) is 0 Å². The lowest BCUT2D eigenvalue weighted by Crippen LogP contribution is -2.02. The van der Waals surface area contributed by atoms with Gasteiger partial charge in [0.1, 0.15) is 0 Å². The van der Waals surface area contributed by atoms with Crippen LogP contribution in [0.3, 0.4) is 0 Å². The number of carboxylic acids is 1. The summed E-state index contributed by atoms with van der Waals surface area (Å²) in [6.45, 7) is 0.553. The van der Waals surface area contributed by atoms with Crippen molar-refractivity contribution < 1.29 is 14.6 Å². The molecule has 0 aliphatic heterocycles. The summed E-state index contributed by atoms with van der Waals surface area (Å²) < 4.78 is 5.64. The Morgan fingerprint density at radius 1 is 1.19 bits per heavy atom. The molecule has 0 unspecified atom stereocenters. The molecular weight excluding hydrogens is 286 g/mol. The standard InChI is InChI=1S/C16H13NO3S/c18-16(19)13-4-1-5-14-12(13)6-7-15(17-14)20-9-8-11-3-2-10-21-11/h1-7,10H,8-9H2,(H,18,19). The molecule has 0 spiro atoms. The number of pyridine rings is 1. The number of aromatic nitrogens is 1. The lowest BCUT2D eigenvalue weighted by Gasteiger charge is -2.07. The maximum absolute atomic E-state index is 11.1. The Labute approximate surface area is 125 Å². The molecule has 1 aromatic carbocycles. The summed E-state index contributed by atoms with van der Waals surface area (Å²) in [5, 5.41) is 11.8. The number of thiophene rings is 1. The molecule has 3 aromatic rings. The van der Waals surface area contributed by atoms with E-state index in [2.05, 4.69) is 11.1 Å². The molecule has 0 saturated carbocycles. The monoisotopic (exact) mass is 299 g/mol. The molecule has 0 amide bonds. The minimum Gasteiger partial charge on any atom is -0.478 e. The molecule has 106 valence electrons. The van der Waals surface area contributed by atoms with Crippen LogP contribution in [0.15, 0.2) is 47.8 Å². The zero-order chi connectivity index (χ0) is 14.7. The van der Waals surface area contributed by atoms with Crippen molar-refractivity contribution >= 4 is 28.2 Å². The minimum absolute atomic E-state index is 0.255. The van der Waals surface area contributed by atoms with Gasteiger partial charge in [-0.2, -0.15) is 0 Å². The first-order chi connectivity index (χ1) is 10.2. The minimum atomic E-state index is -0.950. The second-order valence-electron chi connectivity index (χ2n) is 4.50. The third kappa shape index (κ3) is 3.03. The van der Waals surface area contributed by atoms with Crippen LogP contribution in [0.1, 0.15) is 15.2 Å². The van der Waals surface area contributed by atoms with Gasteiger partial charge >= 0.3 is 5.97 Å². The lowest BCUT2D eigenvalue weighted by atomic mass is 10.1. The third-order valence-electron chi connectivity index (χ3n) is 3.12. The molecule has 0 aliphatic rings. The van der Waals surface area contributed by atoms with E-state index in [-0.39, 0.29) is 5.56 Å². The highest BCUT2D eigenvalue weighted by Gasteiger charge is 2.09. The van der Waals surface area contributed by atoms with Crippen molar-refractivity contribution in [1.29, 1.82) is 0 Å². The molecule has 21 heavy (non-hydrogen) atoms. The van der Waals surface area contributed by atoms with E-state index < -0.39 is 5.97 Å². The highest BCUT2D eigenvalue weighted by molar-refractivity contribution is 7.09. The van der Waals surface area contributed by atoms with Gasteiger partial charge in [-0.3, -0.25) is 0 Å². The third-order valence-corrected chi connectivity index (χ3v) is 4.05. The lowest BCUT2D eigenvalue weighted by molar-refractivity contribution is 0.0699. The first-order valence-electron chi connectivity index (χ1n) is 6.52. The Bertz CT molecular complexity index is 768. The van der Waals surface area contributed by atoms with E-state index in [4.69, 9.17) is 9.84 Å². The van der Waals surface area contributed by atoms with Crippen LogP contribution in [-0.4, -0.2) is 22.7 Å². The molecule has 2 heterocycles. The van der Waals surface area contributed by atoms with Gasteiger partial charge in [-0.15, -0.1) is 11.3 Å². The number of aromatic carboxylic acids is 1. The van der Waals surface area contributed by atoms with E-state index >= 15 is 0 Å². The van der Waals surface area contributed by atoms with E-state index in [0.717, 1.165) is 6.42 Å². The average molecular weight is 299 g/mol. The first-order valence-corrected chi connectivity index (χ1v) is 7.40. The molecule has 1 N–H and O–H groups in total. The number of hydrogen-bond acceptors (Lipinski definition) is 4. The van der Waals surface area contributed by atoms with Gasteiger partial charge in [0.25, 0.3) is 0 Å². The van der Waals surface area contributed by atoms with Gasteiger partial charge in [-0.05, 0) is 29.6 Å². The molecule has 5 heteroatoms. The number of benzene rings is 1. The van der Waals surface area contributed by atoms with Crippen molar-refractivity contribution in [3.63, 3.8) is 0 Å². The van der Waals surface area contributed by atoms with Gasteiger partial charge in [-0.25, -0.2) is 9.78 Å². The summed E-state index contributed by atoms with van der Waals surface area (Å²) in [4.78, 5) is 16.8. The van der Waals surface area contributed by atoms with Gasteiger partial charge in [-0.1, -0.05) is 12.1 Å². The second-order valence-corrected chi connectivity index (χ2v) is 5.54. The summed E-state index contributed by atoms with van der Waals surface area (Å²) >= 11 is 1.70. The molecule has 4 nitrogen and oxygen atoms in total. The molecule has 0 aliphatic carbocycles. The van der Waals surface area contributed by atoms with E-state index in [9.17, 15) is 4.79 Å². The fourth-order valence-electron chi connectivity index (χ4n) is 2.11. The number of nitrogens with zero attached hydrogens (tertiary/aromatic N) is 1. The van der Waals surface area contributed by atoms with Crippen LogP contribution in [0.4, 0.5) is 0 Å². The smallest absolute Gasteiger partial charge is 0.336 e. The summed E-state index contributed by atoms with van der Waals surface area (Å²) in [6, 6.07) is 12.6. The summed E-state index contributed by atoms with van der Waals surface area (Å²) in [5.41, 5.74) is 0.883. The normalized spacial score (nSPS) is 10.7. The van der Waals surface area contributed by atoms with Crippen molar-refractivity contribution in [3.05, 3.63) is 58.3 Å². The molecular formula is C16H13NO3S. The molecule has 0 bridgehead atoms. The van der Waals surface area contributed by atoms with Crippen LogP contribution in [0.5, 0.6) is 5.88 Å². The zero-order valence-corrected chi connectivity index (χ0v) is 12.0. The number of ether oxygens (including phenoxy) is 1. The molecule has 0 atom stereocenters. The second kappa shape index (κ2) is 5.93. The molecule has 2 aromatic heterocycles. The first kappa shape index (κ1) is 13.6. The van der Waals surface area contributed by atoms with Crippen LogP contribution in [0.25, 0.3) is 10.9 Å². The van der Waals surface area contributed by atoms with Crippen molar-refractivity contribution in [2.24, 2.45) is 0 Å². The fourth-order valence-corrected chi connectivity index (χ4v) is 2.80. The molecule has 0 saturated heterocycles. The average Bonchev–Trinajstić information content (AvgIpc) is 2.99. The summed E-state index contributed by atoms with van der Waals surface area (Å²) in [7, 11) is 0. The van der Waals surface area contributed by atoms with Crippen LogP contribution in [0, 0.1) is 0 Å². The maximum Gasteiger partial charge on any atom is 0.336 e. The van der Waals surface area contributed by atoms with Crippen molar-refractivity contribution in [2.75, 3.05) is 6.61 Å². The van der Waals surface area contributed by atoms with E-state index in [0.29, 0.717) is 23.4 Å². The zero-order valence-electron chi connectivity index (χ0n) is 11.2. The summed E-state index contributed by atoms with van der Waals surface area (Å²) in [6.07, 6.45) is 0.840. The maximum atomic E-state index is 11.1. The largest absolute Gasteiger partial charge is 0.478 e. The van der Waals surface area contributed by atoms with E-state index in [1.807, 2.05) is 11.4 Å². The molecule has 3 rings (SSSR count). The van der Waals surface area contributed by atoms with E-state index in [1.165, 1.54) is 4.88 Å². The number of carboxylic acid groups (broad SMARTS) is 1. The highest BCUT2D eigenvalue weighted by Crippen LogP contribution is 2.21. The van der Waals surface area contributed by atoms with Crippen molar-refractivity contribution in [2.45, 2.75) is 6.42 Å². The van der Waals surface area contributed by atoms with Gasteiger partial charge in [0.05, 0.1) is 17.7 Å². The van der Waals surface area contributed by atoms with Crippen LogP contribution < -0.4 is 4.74 Å². The Hall–Kier alpha value is -2.40. The van der Waals surface area contributed by atoms with Gasteiger partial charge in [0.2, 0.25) is 5.88 Å². The van der Waals surface area contributed by atoms with Crippen LogP contribution >= 0.6 is 11.3 Å².